The standard InChI is InChI=1S/C23H20N2O4/c1-15(26)23(17-9-4-3-5-10-17,19-13-18(28-2)14-24-22(19)27)25-21-12-16-8-6-7-11-20(16)29-21/h3-14,25H,1-2H3,(H,24,27). The number of pyridine rings is 1. The molecule has 0 saturated carbocycles. The number of H-pyrrole nitrogens is 1. The van der Waals surface area contributed by atoms with E-state index in [1.54, 1.807) is 18.2 Å². The van der Waals surface area contributed by atoms with Crippen LogP contribution < -0.4 is 15.6 Å². The molecular formula is C23H20N2O4. The van der Waals surface area contributed by atoms with Crippen molar-refractivity contribution in [3.05, 3.63) is 94.4 Å². The lowest BCUT2D eigenvalue weighted by atomic mass is 9.80. The van der Waals surface area contributed by atoms with E-state index in [1.807, 2.05) is 48.5 Å². The van der Waals surface area contributed by atoms with Crippen LogP contribution in [0.3, 0.4) is 0 Å². The first-order chi connectivity index (χ1) is 14.0. The van der Waals surface area contributed by atoms with Crippen molar-refractivity contribution in [2.24, 2.45) is 0 Å². The third-order valence-electron chi connectivity index (χ3n) is 4.99. The van der Waals surface area contributed by atoms with Crippen molar-refractivity contribution in [1.82, 2.24) is 4.98 Å². The molecule has 146 valence electrons. The van der Waals surface area contributed by atoms with Crippen LogP contribution in [0, 0.1) is 0 Å². The predicted octanol–water partition coefficient (Wildman–Crippen LogP) is 4.07. The van der Waals surface area contributed by atoms with Gasteiger partial charge in [0, 0.05) is 17.6 Å². The Labute approximate surface area is 167 Å². The molecule has 1 unspecified atom stereocenters. The van der Waals surface area contributed by atoms with Crippen LogP contribution in [0.1, 0.15) is 18.1 Å². The molecule has 0 bridgehead atoms. The summed E-state index contributed by atoms with van der Waals surface area (Å²) >= 11 is 0. The van der Waals surface area contributed by atoms with Gasteiger partial charge in [0.2, 0.25) is 0 Å². The molecule has 4 rings (SSSR count). The fraction of sp³-hybridized carbons (Fsp3) is 0.130. The average Bonchev–Trinajstić information content (AvgIpc) is 3.15. The van der Waals surface area contributed by atoms with Crippen LogP contribution in [0.5, 0.6) is 5.75 Å². The van der Waals surface area contributed by atoms with Gasteiger partial charge in [-0.25, -0.2) is 0 Å². The number of hydrogen-bond acceptors (Lipinski definition) is 5. The number of methoxy groups -OCH3 is 1. The molecule has 1 atom stereocenters. The number of ether oxygens (including phenoxy) is 1. The Morgan fingerprint density at radius 2 is 1.79 bits per heavy atom. The van der Waals surface area contributed by atoms with E-state index in [0.717, 1.165) is 5.39 Å². The number of benzene rings is 2. The second-order valence-corrected chi connectivity index (χ2v) is 6.73. The highest BCUT2D eigenvalue weighted by molar-refractivity contribution is 5.95. The Bertz CT molecular complexity index is 1190. The van der Waals surface area contributed by atoms with Gasteiger partial charge in [-0.3, -0.25) is 9.59 Å². The molecule has 0 spiro atoms. The number of anilines is 1. The average molecular weight is 388 g/mol. The number of hydrogen-bond donors (Lipinski definition) is 2. The van der Waals surface area contributed by atoms with Gasteiger partial charge in [0.1, 0.15) is 11.3 Å². The van der Waals surface area contributed by atoms with E-state index in [2.05, 4.69) is 10.3 Å². The van der Waals surface area contributed by atoms with E-state index in [9.17, 15) is 9.59 Å². The summed E-state index contributed by atoms with van der Waals surface area (Å²) < 4.78 is 11.2. The molecule has 2 aromatic heterocycles. The van der Waals surface area contributed by atoms with E-state index in [1.165, 1.54) is 20.2 Å². The topological polar surface area (TPSA) is 84.3 Å². The predicted molar refractivity (Wildman–Crippen MR) is 111 cm³/mol. The smallest absolute Gasteiger partial charge is 0.254 e. The first kappa shape index (κ1) is 18.6. The number of carbonyl (C=O) groups is 1. The molecule has 0 radical (unpaired) electrons. The molecule has 0 aliphatic carbocycles. The molecule has 0 amide bonds. The summed E-state index contributed by atoms with van der Waals surface area (Å²) in [5, 5.41) is 4.10. The highest BCUT2D eigenvalue weighted by Gasteiger charge is 2.42. The van der Waals surface area contributed by atoms with E-state index in [0.29, 0.717) is 22.8 Å². The van der Waals surface area contributed by atoms with E-state index >= 15 is 0 Å². The van der Waals surface area contributed by atoms with Gasteiger partial charge in [-0.05, 0) is 24.6 Å². The minimum Gasteiger partial charge on any atom is -0.495 e. The van der Waals surface area contributed by atoms with Gasteiger partial charge >= 0.3 is 0 Å². The molecule has 6 heteroatoms. The van der Waals surface area contributed by atoms with Crippen LogP contribution in [0.4, 0.5) is 5.88 Å². The quantitative estimate of drug-likeness (QED) is 0.520. The highest BCUT2D eigenvalue weighted by atomic mass is 16.5. The lowest BCUT2D eigenvalue weighted by Crippen LogP contribution is -2.47. The largest absolute Gasteiger partial charge is 0.495 e. The maximum Gasteiger partial charge on any atom is 0.254 e. The Morgan fingerprint density at radius 1 is 1.07 bits per heavy atom. The van der Waals surface area contributed by atoms with Crippen LogP contribution in [-0.2, 0) is 10.3 Å². The zero-order valence-electron chi connectivity index (χ0n) is 16.1. The maximum atomic E-state index is 13.1. The van der Waals surface area contributed by atoms with Gasteiger partial charge in [-0.2, -0.15) is 0 Å². The van der Waals surface area contributed by atoms with Crippen LogP contribution >= 0.6 is 0 Å². The van der Waals surface area contributed by atoms with Gasteiger partial charge in [-0.1, -0.05) is 48.5 Å². The Kier molecular flexibility index (Phi) is 4.68. The number of fused-ring (bicyclic) bond motifs is 1. The van der Waals surface area contributed by atoms with Crippen molar-refractivity contribution < 1.29 is 13.9 Å². The second kappa shape index (κ2) is 7.31. The van der Waals surface area contributed by atoms with Crippen LogP contribution in [0.15, 0.2) is 82.1 Å². The number of carbonyl (C=O) groups excluding carboxylic acids is 1. The van der Waals surface area contributed by atoms with Crippen molar-refractivity contribution in [2.75, 3.05) is 12.4 Å². The number of Topliss-reactive ketones (excluding diaryl/α,β-unsaturated/α-hetero) is 1. The Hall–Kier alpha value is -3.80. The SMILES string of the molecule is COc1c[nH]c(=O)c(C(Nc2cc3ccccc3o2)(C(C)=O)c2ccccc2)c1. The van der Waals surface area contributed by atoms with Crippen LogP contribution in [-0.4, -0.2) is 17.9 Å². The van der Waals surface area contributed by atoms with E-state index in [4.69, 9.17) is 9.15 Å². The normalized spacial score (nSPS) is 13.0. The van der Waals surface area contributed by atoms with Gasteiger partial charge in [-0.15, -0.1) is 0 Å². The molecule has 0 saturated heterocycles. The lowest BCUT2D eigenvalue weighted by Gasteiger charge is -2.32. The molecule has 2 N–H and O–H groups in total. The number of furan rings is 1. The van der Waals surface area contributed by atoms with Gasteiger partial charge in [0.25, 0.3) is 5.56 Å². The zero-order valence-corrected chi connectivity index (χ0v) is 16.1. The summed E-state index contributed by atoms with van der Waals surface area (Å²) in [5.41, 5.74) is -0.340. The number of aromatic amines is 1. The monoisotopic (exact) mass is 388 g/mol. The molecule has 2 heterocycles. The minimum absolute atomic E-state index is 0.219. The van der Waals surface area contributed by atoms with Gasteiger partial charge in [0.05, 0.1) is 12.7 Å². The summed E-state index contributed by atoms with van der Waals surface area (Å²) in [6.45, 7) is 1.45. The van der Waals surface area contributed by atoms with Crippen LogP contribution in [0.2, 0.25) is 0 Å². The minimum atomic E-state index is -1.46. The van der Waals surface area contributed by atoms with Gasteiger partial charge < -0.3 is 19.5 Å². The second-order valence-electron chi connectivity index (χ2n) is 6.73. The first-order valence-corrected chi connectivity index (χ1v) is 9.15. The summed E-state index contributed by atoms with van der Waals surface area (Å²) in [4.78, 5) is 28.6. The molecule has 0 aliphatic rings. The molecule has 2 aromatic carbocycles. The summed E-state index contributed by atoms with van der Waals surface area (Å²) in [7, 11) is 1.50. The number of para-hydroxylation sites is 1. The number of ketones is 1. The van der Waals surface area contributed by atoms with E-state index < -0.39 is 11.1 Å². The first-order valence-electron chi connectivity index (χ1n) is 9.15. The molecule has 0 fully saturated rings. The fourth-order valence-electron chi connectivity index (χ4n) is 3.55. The van der Waals surface area contributed by atoms with Crippen molar-refractivity contribution in [1.29, 1.82) is 0 Å². The fourth-order valence-corrected chi connectivity index (χ4v) is 3.55. The highest BCUT2D eigenvalue weighted by Crippen LogP contribution is 2.36. The summed E-state index contributed by atoms with van der Waals surface area (Å²) in [6, 6.07) is 20.0. The maximum absolute atomic E-state index is 13.1. The third kappa shape index (κ3) is 3.18. The Morgan fingerprint density at radius 3 is 2.48 bits per heavy atom. The number of aromatic nitrogens is 1. The summed E-state index contributed by atoms with van der Waals surface area (Å²) in [5.74, 6) is 0.558. The molecule has 6 nitrogen and oxygen atoms in total. The van der Waals surface area contributed by atoms with Crippen molar-refractivity contribution >= 4 is 22.6 Å². The zero-order chi connectivity index (χ0) is 20.4. The lowest BCUT2D eigenvalue weighted by molar-refractivity contribution is -0.120. The van der Waals surface area contributed by atoms with Crippen LogP contribution in [0.25, 0.3) is 11.0 Å². The Balaban J connectivity index is 1.98. The molecule has 29 heavy (non-hydrogen) atoms. The molecule has 4 aromatic rings. The summed E-state index contributed by atoms with van der Waals surface area (Å²) in [6.07, 6.45) is 1.46. The van der Waals surface area contributed by atoms with Crippen molar-refractivity contribution in [3.8, 4) is 5.75 Å². The van der Waals surface area contributed by atoms with Crippen molar-refractivity contribution in [2.45, 2.75) is 12.5 Å². The van der Waals surface area contributed by atoms with Crippen molar-refractivity contribution in [3.63, 3.8) is 0 Å². The third-order valence-corrected chi connectivity index (χ3v) is 4.99. The van der Waals surface area contributed by atoms with E-state index in [-0.39, 0.29) is 11.3 Å². The van der Waals surface area contributed by atoms with Gasteiger partial charge in [0.15, 0.2) is 17.2 Å². The number of rotatable bonds is 6. The molecular weight excluding hydrogens is 368 g/mol. The number of nitrogens with one attached hydrogen (secondary N) is 2. The molecule has 0 aliphatic heterocycles.